The van der Waals surface area contributed by atoms with E-state index in [-0.39, 0.29) is 0 Å². The Hall–Kier alpha value is -0.410. The second kappa shape index (κ2) is 5.27. The minimum Gasteiger partial charge on any atom is -0.290 e. The molecule has 0 aliphatic carbocycles. The van der Waals surface area contributed by atoms with Crippen molar-refractivity contribution in [1.29, 1.82) is 0 Å². The Balaban J connectivity index is 2.33. The first kappa shape index (κ1) is 8.68. The second-order valence-corrected chi connectivity index (χ2v) is 4.13. The van der Waals surface area contributed by atoms with Crippen molar-refractivity contribution >= 4 is 27.2 Å². The summed E-state index contributed by atoms with van der Waals surface area (Å²) in [6.45, 7) is 0. The predicted octanol–water partition coefficient (Wildman–Crippen LogP) is 2.76. The van der Waals surface area contributed by atoms with Crippen LogP contribution in [0, 0.1) is 0 Å². The molecule has 0 fully saturated rings. The summed E-state index contributed by atoms with van der Waals surface area (Å²) in [4.78, 5) is 9.94. The molecule has 0 aliphatic rings. The second-order valence-electron chi connectivity index (χ2n) is 1.94. The fraction of sp³-hybridized carbons (Fsp3) is 0.125. The fourth-order valence-electron chi connectivity index (χ4n) is 0.704. The van der Waals surface area contributed by atoms with Crippen LogP contribution in [0.25, 0.3) is 0 Å². The number of hydrogen-bond donors (Lipinski definition) is 0. The number of carbonyl (C=O) groups excluding carboxylic acids is 1. The third kappa shape index (κ3) is 3.49. The van der Waals surface area contributed by atoms with Crippen LogP contribution in [0.5, 0.6) is 0 Å². The highest BCUT2D eigenvalue weighted by Gasteiger charge is 1.90. The van der Waals surface area contributed by atoms with Gasteiger partial charge >= 0.3 is 0 Å². The van der Waals surface area contributed by atoms with Gasteiger partial charge in [-0.2, -0.15) is 0 Å². The molecule has 0 aromatic heterocycles. The zero-order chi connectivity index (χ0) is 7.94. The molecule has 0 N–H and O–H groups in total. The Morgan fingerprint density at radius 1 is 1.27 bits per heavy atom. The topological polar surface area (TPSA) is 17.1 Å². The SMILES string of the molecule is O=CSSCc1ccccc1. The number of carbonyl (C=O) groups is 1. The van der Waals surface area contributed by atoms with Crippen LogP contribution >= 0.6 is 21.6 Å². The maximum Gasteiger partial charge on any atom is 0.186 e. The minimum absolute atomic E-state index is 0.855. The van der Waals surface area contributed by atoms with Gasteiger partial charge in [0.15, 0.2) is 5.62 Å². The van der Waals surface area contributed by atoms with Crippen LogP contribution in [0.15, 0.2) is 30.3 Å². The molecule has 1 aromatic carbocycles. The van der Waals surface area contributed by atoms with Gasteiger partial charge in [-0.25, -0.2) is 0 Å². The molecule has 0 heterocycles. The van der Waals surface area contributed by atoms with E-state index in [1.807, 2.05) is 18.2 Å². The first-order valence-corrected chi connectivity index (χ1v) is 5.57. The summed E-state index contributed by atoms with van der Waals surface area (Å²) in [5.41, 5.74) is 2.11. The van der Waals surface area contributed by atoms with E-state index < -0.39 is 0 Å². The maximum absolute atomic E-state index is 9.94. The van der Waals surface area contributed by atoms with Crippen LogP contribution in [0.4, 0.5) is 0 Å². The third-order valence-corrected chi connectivity index (χ3v) is 2.84. The van der Waals surface area contributed by atoms with Crippen LogP contribution in [0.1, 0.15) is 5.56 Å². The molecule has 0 saturated heterocycles. The van der Waals surface area contributed by atoms with Crippen LogP contribution in [-0.4, -0.2) is 5.62 Å². The Morgan fingerprint density at radius 3 is 2.64 bits per heavy atom. The fourth-order valence-corrected chi connectivity index (χ4v) is 1.94. The lowest BCUT2D eigenvalue weighted by Gasteiger charge is -1.95. The van der Waals surface area contributed by atoms with Gasteiger partial charge in [0.1, 0.15) is 0 Å². The lowest BCUT2D eigenvalue weighted by molar-refractivity contribution is 0.570. The minimum atomic E-state index is 0.855. The Kier molecular flexibility index (Phi) is 4.16. The molecule has 0 saturated carbocycles. The summed E-state index contributed by atoms with van der Waals surface area (Å²) in [7, 11) is 2.79. The molecule has 0 amide bonds. The summed E-state index contributed by atoms with van der Waals surface area (Å²) in [5, 5.41) is 0. The van der Waals surface area contributed by atoms with E-state index >= 15 is 0 Å². The van der Waals surface area contributed by atoms with E-state index in [0.717, 1.165) is 11.4 Å². The summed E-state index contributed by atoms with van der Waals surface area (Å²) in [5.74, 6) is 0.893. The molecule has 0 bridgehead atoms. The van der Waals surface area contributed by atoms with E-state index in [0.29, 0.717) is 0 Å². The molecule has 58 valence electrons. The van der Waals surface area contributed by atoms with E-state index in [4.69, 9.17) is 0 Å². The lowest BCUT2D eigenvalue weighted by atomic mass is 10.2. The number of benzene rings is 1. The zero-order valence-corrected chi connectivity index (χ0v) is 7.53. The first-order chi connectivity index (χ1) is 5.43. The van der Waals surface area contributed by atoms with Gasteiger partial charge in [0.05, 0.1) is 0 Å². The van der Waals surface area contributed by atoms with Gasteiger partial charge in [-0.15, -0.1) is 0 Å². The molecule has 3 heteroatoms. The molecule has 0 atom stereocenters. The predicted molar refractivity (Wildman–Crippen MR) is 52.1 cm³/mol. The largest absolute Gasteiger partial charge is 0.290 e. The normalized spacial score (nSPS) is 9.45. The molecule has 1 aromatic rings. The number of hydrogen-bond acceptors (Lipinski definition) is 3. The van der Waals surface area contributed by atoms with Gasteiger partial charge in [-0.1, -0.05) is 41.1 Å². The van der Waals surface area contributed by atoms with Crippen LogP contribution in [0.3, 0.4) is 0 Å². The quantitative estimate of drug-likeness (QED) is 0.407. The van der Waals surface area contributed by atoms with Crippen molar-refractivity contribution in [3.8, 4) is 0 Å². The molecule has 1 rings (SSSR count). The van der Waals surface area contributed by atoms with Crippen molar-refractivity contribution in [2.45, 2.75) is 5.75 Å². The Morgan fingerprint density at radius 2 is 2.00 bits per heavy atom. The highest BCUT2D eigenvalue weighted by molar-refractivity contribution is 8.81. The summed E-state index contributed by atoms with van der Waals surface area (Å²) in [6, 6.07) is 10.1. The highest BCUT2D eigenvalue weighted by Crippen LogP contribution is 2.22. The van der Waals surface area contributed by atoms with Crippen molar-refractivity contribution in [2.75, 3.05) is 0 Å². The molecular formula is C8H8OS2. The average Bonchev–Trinajstić information content (AvgIpc) is 2.07. The van der Waals surface area contributed by atoms with E-state index in [1.54, 1.807) is 10.8 Å². The van der Waals surface area contributed by atoms with Gasteiger partial charge in [-0.3, -0.25) is 4.79 Å². The van der Waals surface area contributed by atoms with Crippen LogP contribution in [-0.2, 0) is 10.5 Å². The monoisotopic (exact) mass is 184 g/mol. The summed E-state index contributed by atoms with van der Waals surface area (Å²) >= 11 is 0. The van der Waals surface area contributed by atoms with Crippen molar-refractivity contribution in [1.82, 2.24) is 0 Å². The molecular weight excluding hydrogens is 176 g/mol. The third-order valence-electron chi connectivity index (χ3n) is 1.18. The zero-order valence-electron chi connectivity index (χ0n) is 5.90. The average molecular weight is 184 g/mol. The van der Waals surface area contributed by atoms with Gasteiger partial charge in [0.2, 0.25) is 0 Å². The molecule has 0 aliphatic heterocycles. The molecule has 0 unspecified atom stereocenters. The molecule has 0 radical (unpaired) electrons. The van der Waals surface area contributed by atoms with Crippen LogP contribution < -0.4 is 0 Å². The summed E-state index contributed by atoms with van der Waals surface area (Å²) < 4.78 is 0. The molecule has 0 spiro atoms. The smallest absolute Gasteiger partial charge is 0.186 e. The van der Waals surface area contributed by atoms with Crippen LogP contribution in [0.2, 0.25) is 0 Å². The number of rotatable bonds is 4. The van der Waals surface area contributed by atoms with E-state index in [9.17, 15) is 4.79 Å². The lowest BCUT2D eigenvalue weighted by Crippen LogP contribution is -1.74. The van der Waals surface area contributed by atoms with Gasteiger partial charge in [0.25, 0.3) is 0 Å². The molecule has 1 nitrogen and oxygen atoms in total. The Labute approximate surface area is 74.0 Å². The standard InChI is InChI=1S/C8H8OS2/c9-7-11-10-6-8-4-2-1-3-5-8/h1-5,7H,6H2. The van der Waals surface area contributed by atoms with Crippen molar-refractivity contribution < 1.29 is 4.79 Å². The van der Waals surface area contributed by atoms with Gasteiger partial charge < -0.3 is 0 Å². The van der Waals surface area contributed by atoms with Gasteiger partial charge in [0, 0.05) is 5.75 Å². The van der Waals surface area contributed by atoms with Crippen molar-refractivity contribution in [2.24, 2.45) is 0 Å². The van der Waals surface area contributed by atoms with E-state index in [2.05, 4.69) is 12.1 Å². The van der Waals surface area contributed by atoms with Crippen molar-refractivity contribution in [3.05, 3.63) is 35.9 Å². The van der Waals surface area contributed by atoms with Gasteiger partial charge in [-0.05, 0) is 16.4 Å². The highest BCUT2D eigenvalue weighted by atomic mass is 33.1. The Bertz CT molecular complexity index is 211. The maximum atomic E-state index is 9.94. The molecule has 11 heavy (non-hydrogen) atoms. The van der Waals surface area contributed by atoms with E-state index in [1.165, 1.54) is 16.4 Å². The van der Waals surface area contributed by atoms with Crippen molar-refractivity contribution in [3.63, 3.8) is 0 Å². The summed E-state index contributed by atoms with van der Waals surface area (Å²) in [6.07, 6.45) is 0. The first-order valence-electron chi connectivity index (χ1n) is 3.19.